The van der Waals surface area contributed by atoms with Gasteiger partial charge in [0.05, 0.1) is 6.57 Å². The normalized spacial score (nSPS) is 17.6. The van der Waals surface area contributed by atoms with E-state index in [1.807, 2.05) is 42.5 Å². The van der Waals surface area contributed by atoms with E-state index in [-0.39, 0.29) is 10.7 Å². The van der Waals surface area contributed by atoms with Crippen LogP contribution in [0.5, 0.6) is 0 Å². The predicted octanol–water partition coefficient (Wildman–Crippen LogP) is 5.22. The van der Waals surface area contributed by atoms with Crippen LogP contribution in [0.2, 0.25) is 0 Å². The maximum Gasteiger partial charge on any atom is 0.248 e. The Morgan fingerprint density at radius 3 is 2.58 bits per heavy atom. The summed E-state index contributed by atoms with van der Waals surface area (Å²) in [6, 6.07) is 16.1. The molecule has 0 spiro atoms. The minimum Gasteiger partial charge on any atom is -0.378 e. The number of hydrogen-bond donors (Lipinski definition) is 1. The lowest BCUT2D eigenvalue weighted by Crippen LogP contribution is -2.46. The summed E-state index contributed by atoms with van der Waals surface area (Å²) in [5.74, 6) is 0.0501. The Morgan fingerprint density at radius 2 is 1.79 bits per heavy atom. The zero-order valence-corrected chi connectivity index (χ0v) is 20.3. The Kier molecular flexibility index (Phi) is 7.42. The number of piperazine rings is 1. The van der Waals surface area contributed by atoms with Gasteiger partial charge in [0.25, 0.3) is 0 Å². The van der Waals surface area contributed by atoms with E-state index >= 15 is 0 Å². The summed E-state index contributed by atoms with van der Waals surface area (Å²) in [7, 11) is 0. The quantitative estimate of drug-likeness (QED) is 0.454. The smallest absolute Gasteiger partial charge is 0.248 e. The molecule has 1 amide bonds. The van der Waals surface area contributed by atoms with Crippen LogP contribution in [0, 0.1) is 6.57 Å². The van der Waals surface area contributed by atoms with Crippen molar-refractivity contribution in [3.63, 3.8) is 0 Å². The largest absolute Gasteiger partial charge is 0.378 e. The van der Waals surface area contributed by atoms with Gasteiger partial charge in [0.1, 0.15) is 0 Å². The van der Waals surface area contributed by atoms with Gasteiger partial charge in [0.2, 0.25) is 11.6 Å². The molecule has 0 aliphatic carbocycles. The van der Waals surface area contributed by atoms with E-state index in [9.17, 15) is 4.79 Å². The van der Waals surface area contributed by atoms with E-state index in [2.05, 4.69) is 45.9 Å². The molecule has 0 bridgehead atoms. The lowest BCUT2D eigenvalue weighted by molar-refractivity contribution is -0.117. The number of amides is 1. The Labute approximate surface area is 201 Å². The van der Waals surface area contributed by atoms with E-state index in [4.69, 9.17) is 6.57 Å². The predicted molar refractivity (Wildman–Crippen MR) is 138 cm³/mol. The van der Waals surface area contributed by atoms with Crippen LogP contribution in [0.4, 0.5) is 11.4 Å². The molecule has 1 saturated heterocycles. The topological polar surface area (TPSA) is 39.9 Å². The number of unbranched alkanes of at least 4 members (excludes halogenated alkanes) is 1. The van der Waals surface area contributed by atoms with Gasteiger partial charge >= 0.3 is 0 Å². The molecule has 1 fully saturated rings. The third-order valence-corrected chi connectivity index (χ3v) is 7.70. The van der Waals surface area contributed by atoms with E-state index in [1.165, 1.54) is 4.90 Å². The first-order valence-electron chi connectivity index (χ1n) is 11.7. The molecule has 0 radical (unpaired) electrons. The van der Waals surface area contributed by atoms with E-state index in [1.54, 1.807) is 11.8 Å². The number of rotatable bonds is 7. The number of carbonyl (C=O) groups excluding carboxylic acids is 1. The highest BCUT2D eigenvalue weighted by atomic mass is 32.2. The van der Waals surface area contributed by atoms with Crippen LogP contribution in [0.1, 0.15) is 32.3 Å². The molecule has 2 aromatic rings. The third kappa shape index (κ3) is 5.61. The van der Waals surface area contributed by atoms with Gasteiger partial charge in [-0.1, -0.05) is 36.4 Å². The summed E-state index contributed by atoms with van der Waals surface area (Å²) < 4.78 is -0.232. The number of para-hydroxylation sites is 2. The van der Waals surface area contributed by atoms with Crippen LogP contribution in [0.25, 0.3) is 10.9 Å². The molecule has 4 rings (SSSR count). The minimum atomic E-state index is -0.232. The summed E-state index contributed by atoms with van der Waals surface area (Å²) in [5, 5.41) is 3.14. The molecule has 172 valence electrons. The first-order chi connectivity index (χ1) is 16.0. The van der Waals surface area contributed by atoms with Crippen molar-refractivity contribution in [2.75, 3.05) is 44.2 Å². The summed E-state index contributed by atoms with van der Waals surface area (Å²) >= 11 is 1.76. The lowest BCUT2D eigenvalue weighted by atomic mass is 9.97. The average molecular weight is 461 g/mol. The van der Waals surface area contributed by atoms with E-state index < -0.39 is 0 Å². The fraction of sp³-hybridized carbons (Fsp3) is 0.407. The highest BCUT2D eigenvalue weighted by molar-refractivity contribution is 8.01. The molecule has 33 heavy (non-hydrogen) atoms. The second-order valence-electron chi connectivity index (χ2n) is 9.10. The molecule has 1 N–H and O–H groups in total. The van der Waals surface area contributed by atoms with Gasteiger partial charge in [-0.05, 0) is 57.0 Å². The monoisotopic (exact) mass is 460 g/mol. The van der Waals surface area contributed by atoms with Gasteiger partial charge in [0, 0.05) is 53.6 Å². The summed E-state index contributed by atoms with van der Waals surface area (Å²) in [5.41, 5.74) is 3.77. The number of thioether (sulfide) groups is 1. The lowest BCUT2D eigenvalue weighted by Gasteiger charge is -2.36. The zero-order chi connectivity index (χ0) is 23.3. The summed E-state index contributed by atoms with van der Waals surface area (Å²) in [6.45, 7) is 17.3. The zero-order valence-electron chi connectivity index (χ0n) is 19.5. The number of benzene rings is 2. The van der Waals surface area contributed by atoms with Crippen molar-refractivity contribution in [2.24, 2.45) is 0 Å². The molecular weight excluding hydrogens is 428 g/mol. The van der Waals surface area contributed by atoms with Crippen molar-refractivity contribution < 1.29 is 4.79 Å². The van der Waals surface area contributed by atoms with Crippen LogP contribution in [0.3, 0.4) is 0 Å². The van der Waals surface area contributed by atoms with Crippen molar-refractivity contribution in [3.8, 4) is 0 Å². The standard InChI is InChI=1S/C27H32N4OS/c1-27(2)22(20-21-10-4-7-13-25(21)33-27)26(32)29-14-8-9-15-30-16-18-31(19-17-30)24-12-6-5-11-23(24)28-3/h4-7,10-13,20H,8-9,14-19H2,1-2H3,(H,29,32). The van der Waals surface area contributed by atoms with Crippen LogP contribution in [-0.4, -0.2) is 54.8 Å². The highest BCUT2D eigenvalue weighted by Crippen LogP contribution is 2.44. The maximum atomic E-state index is 12.9. The fourth-order valence-electron chi connectivity index (χ4n) is 4.49. The summed E-state index contributed by atoms with van der Waals surface area (Å²) in [6.07, 6.45) is 4.09. The molecule has 6 heteroatoms. The maximum absolute atomic E-state index is 12.9. The van der Waals surface area contributed by atoms with Gasteiger partial charge in [-0.25, -0.2) is 4.85 Å². The van der Waals surface area contributed by atoms with Gasteiger partial charge in [-0.2, -0.15) is 0 Å². The molecule has 2 heterocycles. The number of carbonyl (C=O) groups is 1. The van der Waals surface area contributed by atoms with Crippen molar-refractivity contribution >= 4 is 35.1 Å². The minimum absolute atomic E-state index is 0.0501. The second kappa shape index (κ2) is 10.5. The molecule has 0 aromatic heterocycles. The van der Waals surface area contributed by atoms with Crippen molar-refractivity contribution in [1.82, 2.24) is 10.2 Å². The van der Waals surface area contributed by atoms with Gasteiger partial charge in [-0.3, -0.25) is 9.69 Å². The van der Waals surface area contributed by atoms with Gasteiger partial charge in [-0.15, -0.1) is 11.8 Å². The van der Waals surface area contributed by atoms with E-state index in [0.717, 1.165) is 68.1 Å². The molecular formula is C27H32N4OS. The van der Waals surface area contributed by atoms with Gasteiger partial charge < -0.3 is 10.2 Å². The number of fused-ring (bicyclic) bond motifs is 1. The highest BCUT2D eigenvalue weighted by Gasteiger charge is 2.33. The SMILES string of the molecule is [C-]#[N+]c1ccccc1N1CCN(CCCCNC(=O)C2=Cc3ccccc3SC2(C)C)CC1. The molecule has 0 saturated carbocycles. The molecule has 5 nitrogen and oxygen atoms in total. The molecule has 0 unspecified atom stereocenters. The van der Waals surface area contributed by atoms with Crippen LogP contribution in [-0.2, 0) is 4.79 Å². The molecule has 2 aromatic carbocycles. The molecule has 2 aliphatic rings. The Morgan fingerprint density at radius 1 is 1.06 bits per heavy atom. The number of nitrogens with one attached hydrogen (secondary N) is 1. The Bertz CT molecular complexity index is 1060. The Balaban J connectivity index is 1.19. The Hall–Kier alpha value is -2.75. The van der Waals surface area contributed by atoms with Crippen LogP contribution >= 0.6 is 11.8 Å². The van der Waals surface area contributed by atoms with Gasteiger partial charge in [0.15, 0.2) is 0 Å². The molecule has 0 atom stereocenters. The first-order valence-corrected chi connectivity index (χ1v) is 12.5. The summed E-state index contributed by atoms with van der Waals surface area (Å²) in [4.78, 5) is 22.6. The van der Waals surface area contributed by atoms with Crippen LogP contribution in [0.15, 0.2) is 59.0 Å². The third-order valence-electron chi connectivity index (χ3n) is 6.38. The molecule has 2 aliphatic heterocycles. The number of anilines is 1. The van der Waals surface area contributed by atoms with E-state index in [0.29, 0.717) is 6.54 Å². The second-order valence-corrected chi connectivity index (χ2v) is 10.8. The van der Waals surface area contributed by atoms with Crippen molar-refractivity contribution in [2.45, 2.75) is 36.3 Å². The van der Waals surface area contributed by atoms with Crippen molar-refractivity contribution in [3.05, 3.63) is 71.1 Å². The first kappa shape index (κ1) is 23.4. The van der Waals surface area contributed by atoms with Crippen LogP contribution < -0.4 is 10.2 Å². The van der Waals surface area contributed by atoms with Crippen molar-refractivity contribution in [1.29, 1.82) is 0 Å². The number of hydrogen-bond acceptors (Lipinski definition) is 4. The number of nitrogens with zero attached hydrogens (tertiary/aromatic N) is 3. The fourth-order valence-corrected chi connectivity index (χ4v) is 5.69. The average Bonchev–Trinajstić information content (AvgIpc) is 2.83.